The van der Waals surface area contributed by atoms with E-state index >= 15 is 0 Å². The summed E-state index contributed by atoms with van der Waals surface area (Å²) in [6.45, 7) is 0.773. The molecule has 4 heteroatoms. The molecule has 0 fully saturated rings. The van der Waals surface area contributed by atoms with Gasteiger partial charge in [-0.25, -0.2) is 0 Å². The maximum Gasteiger partial charge on any atom is 0.185 e. The van der Waals surface area contributed by atoms with Crippen molar-refractivity contribution in [2.75, 3.05) is 6.54 Å². The van der Waals surface area contributed by atoms with E-state index < -0.39 is 0 Å². The predicted octanol–water partition coefficient (Wildman–Crippen LogP) is -0.436. The summed E-state index contributed by atoms with van der Waals surface area (Å²) in [7, 11) is 0. The van der Waals surface area contributed by atoms with Crippen LogP contribution in [0.25, 0.3) is 0 Å². The average molecular weight is 129 g/mol. The highest BCUT2D eigenvalue weighted by Gasteiger charge is 2.03. The van der Waals surface area contributed by atoms with Gasteiger partial charge in [0.1, 0.15) is 0 Å². The molecule has 1 rings (SSSR count). The van der Waals surface area contributed by atoms with Crippen LogP contribution in [-0.2, 0) is 0 Å². The summed E-state index contributed by atoms with van der Waals surface area (Å²) in [5.41, 5.74) is 8.10. The van der Waals surface area contributed by atoms with Crippen molar-refractivity contribution in [3.8, 4) is 0 Å². The maximum atomic E-state index is 5.25. The van der Waals surface area contributed by atoms with Crippen LogP contribution in [0.1, 0.15) is 0 Å². The summed E-state index contributed by atoms with van der Waals surface area (Å²) in [6.07, 6.45) is 3.75. The molecule has 1 heterocycles. The van der Waals surface area contributed by atoms with Gasteiger partial charge in [0.2, 0.25) is 0 Å². The molecule has 3 nitrogen and oxygen atoms in total. The highest BCUT2D eigenvalue weighted by atomic mass is 32.1. The van der Waals surface area contributed by atoms with Gasteiger partial charge in [-0.2, -0.15) is 0 Å². The lowest BCUT2D eigenvalue weighted by atomic mass is 10.6. The highest BCUT2D eigenvalue weighted by Crippen LogP contribution is 1.89. The first kappa shape index (κ1) is 5.37. The Bertz CT molecular complexity index is 123. The van der Waals surface area contributed by atoms with Crippen LogP contribution in [0.5, 0.6) is 0 Å². The summed E-state index contributed by atoms with van der Waals surface area (Å²) < 4.78 is 0. The van der Waals surface area contributed by atoms with E-state index in [2.05, 4.69) is 17.6 Å². The van der Waals surface area contributed by atoms with Crippen molar-refractivity contribution in [3.63, 3.8) is 0 Å². The van der Waals surface area contributed by atoms with Gasteiger partial charge in [-0.1, -0.05) is 0 Å². The number of nitrogens with two attached hydrogens (primary N) is 1. The first-order valence-electron chi connectivity index (χ1n) is 2.29. The van der Waals surface area contributed by atoms with Gasteiger partial charge in [-0.15, -0.1) is 0 Å². The third-order valence-electron chi connectivity index (χ3n) is 0.902. The molecule has 8 heavy (non-hydrogen) atoms. The number of hydrogen-bond donors (Lipinski definition) is 2. The van der Waals surface area contributed by atoms with E-state index in [1.54, 1.807) is 11.2 Å². The van der Waals surface area contributed by atoms with Crippen molar-refractivity contribution >= 4 is 17.3 Å². The first-order chi connectivity index (χ1) is 3.80. The van der Waals surface area contributed by atoms with Gasteiger partial charge in [0.15, 0.2) is 5.11 Å². The summed E-state index contributed by atoms with van der Waals surface area (Å²) in [5, 5.41) is 2.06. The second-order valence-corrected chi connectivity index (χ2v) is 1.90. The number of rotatable bonds is 0. The quantitative estimate of drug-likeness (QED) is 0.435. The Morgan fingerprint density at radius 3 is 2.88 bits per heavy atom. The fraction of sp³-hybridized carbons (Fsp3) is 0.250. The fourth-order valence-electron chi connectivity index (χ4n) is 0.507. The van der Waals surface area contributed by atoms with Crippen molar-refractivity contribution in [2.24, 2.45) is 5.73 Å². The zero-order chi connectivity index (χ0) is 5.98. The zero-order valence-corrected chi connectivity index (χ0v) is 5.11. The molecule has 0 unspecified atom stereocenters. The van der Waals surface area contributed by atoms with E-state index in [1.807, 2.05) is 6.08 Å². The van der Waals surface area contributed by atoms with Crippen molar-refractivity contribution in [2.45, 2.75) is 0 Å². The van der Waals surface area contributed by atoms with Gasteiger partial charge < -0.3 is 11.2 Å². The first-order valence-corrected chi connectivity index (χ1v) is 2.69. The molecular weight excluding hydrogens is 122 g/mol. The minimum Gasteiger partial charge on any atom is -0.375 e. The van der Waals surface area contributed by atoms with Gasteiger partial charge in [0, 0.05) is 6.20 Å². The Hall–Kier alpha value is -0.770. The standard InChI is InChI=1S/C4H7N3S/c5-4(8)7-3-1-2-6-7/h1-2,6H,3H2,(H2,5,8). The molecule has 0 bridgehead atoms. The molecule has 0 aromatic heterocycles. The lowest BCUT2D eigenvalue weighted by molar-refractivity contribution is 0.426. The SMILES string of the molecule is NC(=S)N1CC=CN1. The van der Waals surface area contributed by atoms with Crippen molar-refractivity contribution in [3.05, 3.63) is 12.3 Å². The van der Waals surface area contributed by atoms with Crippen LogP contribution in [0.2, 0.25) is 0 Å². The Morgan fingerprint density at radius 2 is 2.62 bits per heavy atom. The number of nitrogens with zero attached hydrogens (tertiary/aromatic N) is 1. The molecule has 0 radical (unpaired) electrons. The molecule has 1 aliphatic rings. The number of hydrazine groups is 1. The third kappa shape index (κ3) is 0.894. The van der Waals surface area contributed by atoms with E-state index in [-0.39, 0.29) is 0 Å². The monoisotopic (exact) mass is 129 g/mol. The smallest absolute Gasteiger partial charge is 0.185 e. The molecule has 0 amide bonds. The molecule has 0 saturated carbocycles. The van der Waals surface area contributed by atoms with Crippen LogP contribution in [-0.4, -0.2) is 16.7 Å². The van der Waals surface area contributed by atoms with Crippen LogP contribution in [0.3, 0.4) is 0 Å². The normalized spacial score (nSPS) is 16.2. The van der Waals surface area contributed by atoms with E-state index in [0.717, 1.165) is 6.54 Å². The predicted molar refractivity (Wildman–Crippen MR) is 35.8 cm³/mol. The largest absolute Gasteiger partial charge is 0.375 e. The van der Waals surface area contributed by atoms with Gasteiger partial charge in [-0.3, -0.25) is 5.01 Å². The minimum atomic E-state index is 0.384. The highest BCUT2D eigenvalue weighted by molar-refractivity contribution is 7.80. The average Bonchev–Trinajstić information content (AvgIpc) is 2.12. The Kier molecular flexibility index (Phi) is 1.34. The van der Waals surface area contributed by atoms with Crippen LogP contribution in [0, 0.1) is 0 Å². The molecular formula is C4H7N3S. The van der Waals surface area contributed by atoms with Gasteiger partial charge in [0.05, 0.1) is 6.54 Å². The Balaban J connectivity index is 2.41. The molecule has 3 N–H and O–H groups in total. The van der Waals surface area contributed by atoms with Crippen LogP contribution in [0.4, 0.5) is 0 Å². The van der Waals surface area contributed by atoms with Crippen LogP contribution in [0.15, 0.2) is 12.3 Å². The lowest BCUT2D eigenvalue weighted by Gasteiger charge is -2.14. The Morgan fingerprint density at radius 1 is 1.88 bits per heavy atom. The molecule has 0 spiro atoms. The van der Waals surface area contributed by atoms with E-state index in [4.69, 9.17) is 5.73 Å². The van der Waals surface area contributed by atoms with Gasteiger partial charge in [0.25, 0.3) is 0 Å². The summed E-state index contributed by atoms with van der Waals surface area (Å²) in [4.78, 5) is 0. The maximum absolute atomic E-state index is 5.25. The molecule has 0 aliphatic carbocycles. The van der Waals surface area contributed by atoms with E-state index in [0.29, 0.717) is 5.11 Å². The molecule has 0 aromatic rings. The van der Waals surface area contributed by atoms with Crippen molar-refractivity contribution in [1.82, 2.24) is 10.4 Å². The lowest BCUT2D eigenvalue weighted by Crippen LogP contribution is -2.39. The third-order valence-corrected chi connectivity index (χ3v) is 1.12. The molecule has 1 aliphatic heterocycles. The summed E-state index contributed by atoms with van der Waals surface area (Å²) in [5.74, 6) is 0. The van der Waals surface area contributed by atoms with Crippen molar-refractivity contribution < 1.29 is 0 Å². The zero-order valence-electron chi connectivity index (χ0n) is 4.29. The minimum absolute atomic E-state index is 0.384. The van der Waals surface area contributed by atoms with E-state index in [1.165, 1.54) is 0 Å². The molecule has 44 valence electrons. The number of thiocarbonyl (C=S) groups is 1. The summed E-state index contributed by atoms with van der Waals surface area (Å²) >= 11 is 4.66. The number of hydrogen-bond acceptors (Lipinski definition) is 2. The van der Waals surface area contributed by atoms with Gasteiger partial charge in [-0.05, 0) is 18.3 Å². The Labute approximate surface area is 53.1 Å². The van der Waals surface area contributed by atoms with Crippen LogP contribution < -0.4 is 11.2 Å². The van der Waals surface area contributed by atoms with Crippen LogP contribution >= 0.6 is 12.2 Å². The van der Waals surface area contributed by atoms with Gasteiger partial charge >= 0.3 is 0 Å². The molecule has 0 aromatic carbocycles. The molecule has 0 saturated heterocycles. The fourth-order valence-corrected chi connectivity index (χ4v) is 0.634. The summed E-state index contributed by atoms with van der Waals surface area (Å²) in [6, 6.07) is 0. The topological polar surface area (TPSA) is 41.3 Å². The number of nitrogens with one attached hydrogen (secondary N) is 1. The second-order valence-electron chi connectivity index (χ2n) is 1.48. The van der Waals surface area contributed by atoms with Crippen molar-refractivity contribution in [1.29, 1.82) is 0 Å². The van der Waals surface area contributed by atoms with E-state index in [9.17, 15) is 0 Å². The molecule has 0 atom stereocenters. The second kappa shape index (κ2) is 2.00.